The van der Waals surface area contributed by atoms with Crippen molar-refractivity contribution in [2.45, 2.75) is 6.42 Å². The molecular weight excluding hydrogens is 286 g/mol. The van der Waals surface area contributed by atoms with Crippen molar-refractivity contribution in [2.75, 3.05) is 32.8 Å². The third-order valence-corrected chi connectivity index (χ3v) is 3.29. The molecule has 1 aliphatic heterocycles. The van der Waals surface area contributed by atoms with E-state index in [2.05, 4.69) is 20.5 Å². The summed E-state index contributed by atoms with van der Waals surface area (Å²) in [6.07, 6.45) is 3.84. The lowest BCUT2D eigenvalue weighted by Gasteiger charge is -2.26. The first-order valence-electron chi connectivity index (χ1n) is 7.16. The van der Waals surface area contributed by atoms with Crippen LogP contribution in [0.4, 0.5) is 4.79 Å². The number of nitrogens with zero attached hydrogens (tertiary/aromatic N) is 4. The monoisotopic (exact) mass is 303 g/mol. The minimum Gasteiger partial charge on any atom is -0.421 e. The Morgan fingerprint density at radius 2 is 2.18 bits per heavy atom. The largest absolute Gasteiger partial charge is 0.421 e. The van der Waals surface area contributed by atoms with Gasteiger partial charge in [-0.15, -0.1) is 10.2 Å². The maximum atomic E-state index is 11.9. The molecule has 1 N–H and O–H groups in total. The number of carbonyl (C=O) groups is 1. The van der Waals surface area contributed by atoms with Crippen LogP contribution in [0.25, 0.3) is 11.5 Å². The molecular formula is C14H17N5O3. The van der Waals surface area contributed by atoms with E-state index in [1.165, 1.54) is 0 Å². The quantitative estimate of drug-likeness (QED) is 0.894. The van der Waals surface area contributed by atoms with Crippen molar-refractivity contribution in [1.29, 1.82) is 0 Å². The van der Waals surface area contributed by atoms with Crippen molar-refractivity contribution in [3.8, 4) is 11.5 Å². The van der Waals surface area contributed by atoms with E-state index < -0.39 is 0 Å². The summed E-state index contributed by atoms with van der Waals surface area (Å²) in [6, 6.07) is 3.57. The highest BCUT2D eigenvalue weighted by atomic mass is 16.5. The SMILES string of the molecule is O=C(NCCc1nnc(-c2cccnc2)o1)N1CCOCC1. The fourth-order valence-electron chi connectivity index (χ4n) is 2.12. The average molecular weight is 303 g/mol. The van der Waals surface area contributed by atoms with Gasteiger partial charge >= 0.3 is 6.03 Å². The smallest absolute Gasteiger partial charge is 0.317 e. The summed E-state index contributed by atoms with van der Waals surface area (Å²) in [6.45, 7) is 2.87. The van der Waals surface area contributed by atoms with Gasteiger partial charge in [-0.1, -0.05) is 0 Å². The number of ether oxygens (including phenoxy) is 1. The van der Waals surface area contributed by atoms with Crippen molar-refractivity contribution in [3.63, 3.8) is 0 Å². The zero-order chi connectivity index (χ0) is 15.2. The van der Waals surface area contributed by atoms with Gasteiger partial charge in [0.15, 0.2) is 0 Å². The molecule has 0 spiro atoms. The molecule has 0 atom stereocenters. The molecule has 2 aromatic heterocycles. The van der Waals surface area contributed by atoms with Gasteiger partial charge in [-0.3, -0.25) is 4.98 Å². The Hall–Kier alpha value is -2.48. The van der Waals surface area contributed by atoms with Gasteiger partial charge in [0.1, 0.15) is 0 Å². The number of nitrogens with one attached hydrogen (secondary N) is 1. The first-order valence-corrected chi connectivity index (χ1v) is 7.16. The maximum absolute atomic E-state index is 11.9. The summed E-state index contributed by atoms with van der Waals surface area (Å²) in [5.41, 5.74) is 0.776. The van der Waals surface area contributed by atoms with Gasteiger partial charge < -0.3 is 19.4 Å². The predicted octanol–water partition coefficient (Wildman–Crippen LogP) is 0.716. The lowest BCUT2D eigenvalue weighted by atomic mass is 10.3. The van der Waals surface area contributed by atoms with Gasteiger partial charge in [-0.25, -0.2) is 4.79 Å². The highest BCUT2D eigenvalue weighted by Gasteiger charge is 2.16. The number of aromatic nitrogens is 3. The molecule has 0 unspecified atom stereocenters. The van der Waals surface area contributed by atoms with Gasteiger partial charge in [0.25, 0.3) is 0 Å². The molecule has 0 aromatic carbocycles. The lowest BCUT2D eigenvalue weighted by molar-refractivity contribution is 0.0532. The normalized spacial score (nSPS) is 14.8. The number of hydrogen-bond acceptors (Lipinski definition) is 6. The molecule has 2 aromatic rings. The highest BCUT2D eigenvalue weighted by molar-refractivity contribution is 5.74. The molecule has 3 heterocycles. The standard InChI is InChI=1S/C14H17N5O3/c20-14(19-6-8-21-9-7-19)16-5-3-12-17-18-13(22-12)11-2-1-4-15-10-11/h1-2,4,10H,3,5-9H2,(H,16,20). The van der Waals surface area contributed by atoms with E-state index in [1.54, 1.807) is 17.3 Å². The van der Waals surface area contributed by atoms with Crippen LogP contribution in [0.1, 0.15) is 5.89 Å². The molecule has 1 aliphatic rings. The van der Waals surface area contributed by atoms with E-state index in [0.29, 0.717) is 51.1 Å². The van der Waals surface area contributed by atoms with Gasteiger partial charge in [0.2, 0.25) is 11.8 Å². The van der Waals surface area contributed by atoms with E-state index in [4.69, 9.17) is 9.15 Å². The van der Waals surface area contributed by atoms with E-state index in [1.807, 2.05) is 12.1 Å². The third-order valence-electron chi connectivity index (χ3n) is 3.29. The summed E-state index contributed by atoms with van der Waals surface area (Å²) in [7, 11) is 0. The van der Waals surface area contributed by atoms with Crippen LogP contribution in [0.15, 0.2) is 28.9 Å². The molecule has 0 saturated carbocycles. The predicted molar refractivity (Wildman–Crippen MR) is 77.0 cm³/mol. The number of rotatable bonds is 4. The Balaban J connectivity index is 1.48. The molecule has 0 radical (unpaired) electrons. The molecule has 8 heteroatoms. The second-order valence-corrected chi connectivity index (χ2v) is 4.82. The molecule has 116 valence electrons. The van der Waals surface area contributed by atoms with Gasteiger partial charge in [-0.05, 0) is 12.1 Å². The summed E-state index contributed by atoms with van der Waals surface area (Å²) in [5.74, 6) is 0.920. The topological polar surface area (TPSA) is 93.4 Å². The van der Waals surface area contributed by atoms with E-state index >= 15 is 0 Å². The second-order valence-electron chi connectivity index (χ2n) is 4.82. The number of amides is 2. The van der Waals surface area contributed by atoms with Crippen LogP contribution in [0.2, 0.25) is 0 Å². The fourth-order valence-corrected chi connectivity index (χ4v) is 2.12. The van der Waals surface area contributed by atoms with Crippen LogP contribution < -0.4 is 5.32 Å². The minimum absolute atomic E-state index is 0.0877. The van der Waals surface area contributed by atoms with Crippen LogP contribution >= 0.6 is 0 Å². The summed E-state index contributed by atoms with van der Waals surface area (Å²) >= 11 is 0. The molecule has 22 heavy (non-hydrogen) atoms. The van der Waals surface area contributed by atoms with Crippen LogP contribution in [-0.4, -0.2) is 59.0 Å². The van der Waals surface area contributed by atoms with Crippen molar-refractivity contribution >= 4 is 6.03 Å². The third kappa shape index (κ3) is 3.59. The number of pyridine rings is 1. The minimum atomic E-state index is -0.0877. The van der Waals surface area contributed by atoms with Gasteiger partial charge in [0.05, 0.1) is 18.8 Å². The molecule has 1 fully saturated rings. The number of urea groups is 1. The van der Waals surface area contributed by atoms with E-state index in [9.17, 15) is 4.79 Å². The van der Waals surface area contributed by atoms with Crippen LogP contribution in [-0.2, 0) is 11.2 Å². The van der Waals surface area contributed by atoms with Crippen molar-refractivity contribution in [3.05, 3.63) is 30.4 Å². The zero-order valence-electron chi connectivity index (χ0n) is 12.1. The molecule has 0 aliphatic carbocycles. The summed E-state index contributed by atoms with van der Waals surface area (Å²) in [4.78, 5) is 17.6. The summed E-state index contributed by atoms with van der Waals surface area (Å²) in [5, 5.41) is 10.8. The van der Waals surface area contributed by atoms with Crippen LogP contribution in [0.5, 0.6) is 0 Å². The zero-order valence-corrected chi connectivity index (χ0v) is 12.1. The van der Waals surface area contributed by atoms with Gasteiger partial charge in [0, 0.05) is 38.4 Å². The average Bonchev–Trinajstić information content (AvgIpc) is 3.05. The van der Waals surface area contributed by atoms with E-state index in [0.717, 1.165) is 5.56 Å². The molecule has 3 rings (SSSR count). The Labute approximate surface area is 127 Å². The molecule has 2 amide bonds. The lowest BCUT2D eigenvalue weighted by Crippen LogP contribution is -2.46. The van der Waals surface area contributed by atoms with Crippen molar-refractivity contribution in [2.24, 2.45) is 0 Å². The number of morpholine rings is 1. The van der Waals surface area contributed by atoms with Crippen molar-refractivity contribution < 1.29 is 13.9 Å². The van der Waals surface area contributed by atoms with Crippen LogP contribution in [0.3, 0.4) is 0 Å². The highest BCUT2D eigenvalue weighted by Crippen LogP contribution is 2.15. The van der Waals surface area contributed by atoms with Gasteiger partial charge in [-0.2, -0.15) is 0 Å². The Morgan fingerprint density at radius 3 is 2.95 bits per heavy atom. The second kappa shape index (κ2) is 6.99. The van der Waals surface area contributed by atoms with Crippen LogP contribution in [0, 0.1) is 0 Å². The Morgan fingerprint density at radius 1 is 1.32 bits per heavy atom. The number of hydrogen-bond donors (Lipinski definition) is 1. The number of carbonyl (C=O) groups excluding carboxylic acids is 1. The fraction of sp³-hybridized carbons (Fsp3) is 0.429. The summed E-state index contributed by atoms with van der Waals surface area (Å²) < 4.78 is 10.8. The molecule has 8 nitrogen and oxygen atoms in total. The van der Waals surface area contributed by atoms with Crippen molar-refractivity contribution in [1.82, 2.24) is 25.4 Å². The Kier molecular flexibility index (Phi) is 4.59. The molecule has 0 bridgehead atoms. The first-order chi connectivity index (χ1) is 10.8. The van der Waals surface area contributed by atoms with E-state index in [-0.39, 0.29) is 6.03 Å². The Bertz CT molecular complexity index is 610. The maximum Gasteiger partial charge on any atom is 0.317 e. The molecule has 1 saturated heterocycles. The first kappa shape index (κ1) is 14.5.